The van der Waals surface area contributed by atoms with Crippen LogP contribution in [-0.4, -0.2) is 29.4 Å². The summed E-state index contributed by atoms with van der Waals surface area (Å²) in [5.74, 6) is 9.62. The quantitative estimate of drug-likeness (QED) is 0.416. The molecule has 0 fully saturated rings. The molecule has 0 aliphatic heterocycles. The molecular formula is C6H17N2O4P. The van der Waals surface area contributed by atoms with Gasteiger partial charge in [-0.1, -0.05) is 13.8 Å². The second-order valence-electron chi connectivity index (χ2n) is 3.04. The van der Waals surface area contributed by atoms with E-state index in [9.17, 15) is 9.46 Å². The lowest BCUT2D eigenvalue weighted by molar-refractivity contribution is 0.129. The van der Waals surface area contributed by atoms with Crippen molar-refractivity contribution in [3.63, 3.8) is 0 Å². The van der Waals surface area contributed by atoms with E-state index in [4.69, 9.17) is 11.8 Å². The maximum atomic E-state index is 11.7. The highest BCUT2D eigenvalue weighted by Crippen LogP contribution is 2.50. The van der Waals surface area contributed by atoms with E-state index in [-0.39, 0.29) is 13.2 Å². The summed E-state index contributed by atoms with van der Waals surface area (Å²) in [5.41, 5.74) is -1.02. The van der Waals surface area contributed by atoms with Gasteiger partial charge in [-0.25, -0.2) is 11.8 Å². The standard InChI is InChI=1S/C6H17N2O4P/c1-5(3-11-7)13(9,10)6(2)4-12-8/h5-6H,3-4,7-8H2,1-2H3,(H,9,10). The first-order chi connectivity index (χ1) is 5.96. The van der Waals surface area contributed by atoms with Gasteiger partial charge in [-0.15, -0.1) is 0 Å². The predicted octanol–water partition coefficient (Wildman–Crippen LogP) is -0.186. The van der Waals surface area contributed by atoms with Crippen LogP contribution in [0.3, 0.4) is 0 Å². The molecule has 7 heteroatoms. The fourth-order valence-electron chi connectivity index (χ4n) is 0.927. The van der Waals surface area contributed by atoms with Crippen molar-refractivity contribution < 1.29 is 19.1 Å². The molecule has 0 saturated carbocycles. The molecule has 0 aromatic rings. The summed E-state index contributed by atoms with van der Waals surface area (Å²) in [6.07, 6.45) is 0. The molecule has 5 N–H and O–H groups in total. The fraction of sp³-hybridized carbons (Fsp3) is 1.00. The molecule has 80 valence electrons. The van der Waals surface area contributed by atoms with E-state index in [0.29, 0.717) is 0 Å². The van der Waals surface area contributed by atoms with Crippen LogP contribution in [0.4, 0.5) is 0 Å². The van der Waals surface area contributed by atoms with Gasteiger partial charge in [0.1, 0.15) is 0 Å². The van der Waals surface area contributed by atoms with Gasteiger partial charge in [0, 0.05) is 0 Å². The van der Waals surface area contributed by atoms with Gasteiger partial charge in [-0.2, -0.15) is 0 Å². The second-order valence-corrected chi connectivity index (χ2v) is 6.15. The molecule has 0 aromatic carbocycles. The van der Waals surface area contributed by atoms with Gasteiger partial charge >= 0.3 is 0 Å². The summed E-state index contributed by atoms with van der Waals surface area (Å²) in [5, 5.41) is 0. The number of rotatable bonds is 6. The van der Waals surface area contributed by atoms with E-state index in [2.05, 4.69) is 9.68 Å². The van der Waals surface area contributed by atoms with Crippen LogP contribution in [0.5, 0.6) is 0 Å². The lowest BCUT2D eigenvalue weighted by atomic mass is 10.5. The van der Waals surface area contributed by atoms with Crippen LogP contribution < -0.4 is 11.8 Å². The smallest absolute Gasteiger partial charge is 0.210 e. The highest BCUT2D eigenvalue weighted by Gasteiger charge is 2.33. The molecule has 0 amide bonds. The maximum absolute atomic E-state index is 11.7. The normalized spacial score (nSPS) is 20.7. The van der Waals surface area contributed by atoms with Crippen molar-refractivity contribution >= 4 is 7.37 Å². The zero-order valence-corrected chi connectivity index (χ0v) is 8.74. The van der Waals surface area contributed by atoms with Gasteiger partial charge in [0.2, 0.25) is 7.37 Å². The fourth-order valence-corrected chi connectivity index (χ4v) is 2.39. The summed E-state index contributed by atoms with van der Waals surface area (Å²) >= 11 is 0. The molecule has 0 aliphatic carbocycles. The maximum Gasteiger partial charge on any atom is 0.210 e. The van der Waals surface area contributed by atoms with Gasteiger partial charge in [0.05, 0.1) is 24.5 Å². The third kappa shape index (κ3) is 3.72. The van der Waals surface area contributed by atoms with Crippen LogP contribution in [-0.2, 0) is 14.2 Å². The zero-order valence-electron chi connectivity index (χ0n) is 7.84. The number of nitrogens with two attached hydrogens (primary N) is 2. The van der Waals surface area contributed by atoms with E-state index < -0.39 is 18.7 Å². The highest BCUT2D eigenvalue weighted by molar-refractivity contribution is 7.59. The van der Waals surface area contributed by atoms with Crippen LogP contribution in [0.2, 0.25) is 0 Å². The molecule has 0 aromatic heterocycles. The first-order valence-corrected chi connectivity index (χ1v) is 5.72. The van der Waals surface area contributed by atoms with E-state index in [1.165, 1.54) is 0 Å². The van der Waals surface area contributed by atoms with Crippen molar-refractivity contribution in [3.8, 4) is 0 Å². The minimum Gasteiger partial charge on any atom is -0.344 e. The van der Waals surface area contributed by atoms with E-state index in [1.807, 2.05) is 0 Å². The molecular weight excluding hydrogens is 195 g/mol. The Bertz CT molecular complexity index is 173. The summed E-state index contributed by atoms with van der Waals surface area (Å²) in [7, 11) is -3.32. The lowest BCUT2D eigenvalue weighted by Crippen LogP contribution is -2.24. The first-order valence-electron chi connectivity index (χ1n) is 3.92. The lowest BCUT2D eigenvalue weighted by Gasteiger charge is -2.23. The van der Waals surface area contributed by atoms with Gasteiger partial charge in [-0.05, 0) is 0 Å². The van der Waals surface area contributed by atoms with Crippen LogP contribution in [0.1, 0.15) is 13.8 Å². The Morgan fingerprint density at radius 2 is 1.54 bits per heavy atom. The second kappa shape index (κ2) is 5.70. The van der Waals surface area contributed by atoms with Crippen LogP contribution in [0.15, 0.2) is 0 Å². The SMILES string of the molecule is CC(CON)P(=O)(O)C(C)CON. The topological polar surface area (TPSA) is 108 Å². The molecule has 0 aliphatic rings. The monoisotopic (exact) mass is 212 g/mol. The molecule has 0 heterocycles. The average molecular weight is 212 g/mol. The van der Waals surface area contributed by atoms with Crippen LogP contribution in [0, 0.1) is 0 Å². The summed E-state index contributed by atoms with van der Waals surface area (Å²) in [6.45, 7) is 3.28. The Hall–Kier alpha value is 0.0300. The molecule has 6 nitrogen and oxygen atoms in total. The van der Waals surface area contributed by atoms with Gasteiger partial charge < -0.3 is 14.6 Å². The zero-order chi connectivity index (χ0) is 10.5. The van der Waals surface area contributed by atoms with E-state index >= 15 is 0 Å². The van der Waals surface area contributed by atoms with Gasteiger partial charge in [-0.3, -0.25) is 4.57 Å². The number of hydrogen-bond acceptors (Lipinski definition) is 5. The molecule has 2 atom stereocenters. The largest absolute Gasteiger partial charge is 0.344 e. The molecule has 0 radical (unpaired) electrons. The Morgan fingerprint density at radius 3 is 1.77 bits per heavy atom. The van der Waals surface area contributed by atoms with E-state index in [0.717, 1.165) is 0 Å². The molecule has 0 saturated heterocycles. The van der Waals surface area contributed by atoms with Gasteiger partial charge in [0.25, 0.3) is 0 Å². The third-order valence-electron chi connectivity index (χ3n) is 1.94. The highest BCUT2D eigenvalue weighted by atomic mass is 31.2. The average Bonchev–Trinajstić information content (AvgIpc) is 2.05. The van der Waals surface area contributed by atoms with Gasteiger partial charge in [0.15, 0.2) is 0 Å². The molecule has 2 unspecified atom stereocenters. The van der Waals surface area contributed by atoms with Crippen molar-refractivity contribution in [1.82, 2.24) is 0 Å². The summed E-state index contributed by atoms with van der Waals surface area (Å²) in [6, 6.07) is 0. The molecule has 0 spiro atoms. The summed E-state index contributed by atoms with van der Waals surface area (Å²) in [4.78, 5) is 18.2. The van der Waals surface area contributed by atoms with Crippen LogP contribution in [0.25, 0.3) is 0 Å². The Balaban J connectivity index is 4.27. The predicted molar refractivity (Wildman–Crippen MR) is 49.0 cm³/mol. The molecule has 0 bridgehead atoms. The Morgan fingerprint density at radius 1 is 1.23 bits per heavy atom. The Kier molecular flexibility index (Phi) is 5.71. The Labute approximate surface area is 77.5 Å². The van der Waals surface area contributed by atoms with Crippen LogP contribution >= 0.6 is 7.37 Å². The molecule has 13 heavy (non-hydrogen) atoms. The van der Waals surface area contributed by atoms with E-state index in [1.54, 1.807) is 13.8 Å². The van der Waals surface area contributed by atoms with Crippen molar-refractivity contribution in [2.24, 2.45) is 11.8 Å². The van der Waals surface area contributed by atoms with Crippen molar-refractivity contribution in [2.45, 2.75) is 25.2 Å². The number of hydrogen-bond donors (Lipinski definition) is 3. The first kappa shape index (κ1) is 13.0. The third-order valence-corrected chi connectivity index (χ3v) is 4.76. The van der Waals surface area contributed by atoms with Crippen molar-refractivity contribution in [1.29, 1.82) is 0 Å². The van der Waals surface area contributed by atoms with Crippen molar-refractivity contribution in [2.75, 3.05) is 13.2 Å². The summed E-state index contributed by atoms with van der Waals surface area (Å²) < 4.78 is 11.7. The molecule has 0 rings (SSSR count). The minimum atomic E-state index is -3.32. The van der Waals surface area contributed by atoms with Crippen molar-refractivity contribution in [3.05, 3.63) is 0 Å². The minimum absolute atomic E-state index is 0.0443.